The second-order valence-corrected chi connectivity index (χ2v) is 8.03. The van der Waals surface area contributed by atoms with Gasteiger partial charge in [0.15, 0.2) is 0 Å². The molecule has 140 valence electrons. The highest BCUT2D eigenvalue weighted by molar-refractivity contribution is 6.30. The molecular formula is C21H29ClN4. The molecule has 26 heavy (non-hydrogen) atoms. The first kappa shape index (κ1) is 17.9. The number of nitrogens with zero attached hydrogens (tertiary/aromatic N) is 3. The zero-order chi connectivity index (χ0) is 17.8. The summed E-state index contributed by atoms with van der Waals surface area (Å²) in [6.45, 7) is 5.66. The van der Waals surface area contributed by atoms with Gasteiger partial charge in [-0.05, 0) is 74.9 Å². The minimum Gasteiger partial charge on any atom is -0.369 e. The molecule has 5 heteroatoms. The van der Waals surface area contributed by atoms with Crippen LogP contribution >= 0.6 is 11.6 Å². The van der Waals surface area contributed by atoms with Gasteiger partial charge in [0.1, 0.15) is 0 Å². The number of H-pyrrole nitrogens is 1. The quantitative estimate of drug-likeness (QED) is 0.803. The summed E-state index contributed by atoms with van der Waals surface area (Å²) >= 11 is 5.99. The molecule has 0 saturated carbocycles. The summed E-state index contributed by atoms with van der Waals surface area (Å²) in [5, 5.41) is 8.71. The van der Waals surface area contributed by atoms with E-state index in [1.165, 1.54) is 67.7 Å². The van der Waals surface area contributed by atoms with Crippen LogP contribution in [-0.4, -0.2) is 47.8 Å². The van der Waals surface area contributed by atoms with E-state index < -0.39 is 0 Å². The van der Waals surface area contributed by atoms with Crippen LogP contribution in [0.15, 0.2) is 24.3 Å². The predicted octanol–water partition coefficient (Wildman–Crippen LogP) is 4.09. The average Bonchev–Trinajstić information content (AvgIpc) is 2.89. The van der Waals surface area contributed by atoms with Crippen LogP contribution in [0.25, 0.3) is 0 Å². The predicted molar refractivity (Wildman–Crippen MR) is 108 cm³/mol. The number of aromatic nitrogens is 2. The standard InChI is InChI=1S/C21H29ClN4/c22-17-8-10-18(11-9-17)26-15-13-25(14-16-26)12-4-7-21-19-5-2-1-3-6-20(19)23-24-21/h8-11H,1-7,12-16H2,(H,23,24). The van der Waals surface area contributed by atoms with Crippen molar-refractivity contribution in [1.29, 1.82) is 0 Å². The van der Waals surface area contributed by atoms with Crippen molar-refractivity contribution in [1.82, 2.24) is 15.1 Å². The second kappa shape index (κ2) is 8.45. The Morgan fingerprint density at radius 2 is 1.73 bits per heavy atom. The van der Waals surface area contributed by atoms with Gasteiger partial charge in [-0.15, -0.1) is 0 Å². The highest BCUT2D eigenvalue weighted by atomic mass is 35.5. The molecule has 1 saturated heterocycles. The number of fused-ring (bicyclic) bond motifs is 1. The Morgan fingerprint density at radius 1 is 0.962 bits per heavy atom. The molecule has 0 unspecified atom stereocenters. The number of nitrogens with one attached hydrogen (secondary N) is 1. The molecule has 1 aromatic heterocycles. The third-order valence-electron chi connectivity index (χ3n) is 5.84. The summed E-state index contributed by atoms with van der Waals surface area (Å²) in [5.74, 6) is 0. The van der Waals surface area contributed by atoms with Crippen molar-refractivity contribution >= 4 is 17.3 Å². The lowest BCUT2D eigenvalue weighted by Gasteiger charge is -2.36. The maximum atomic E-state index is 5.99. The highest BCUT2D eigenvalue weighted by Crippen LogP contribution is 2.23. The first-order valence-corrected chi connectivity index (χ1v) is 10.5. The lowest BCUT2D eigenvalue weighted by molar-refractivity contribution is 0.255. The summed E-state index contributed by atoms with van der Waals surface area (Å²) in [6.07, 6.45) is 8.73. The van der Waals surface area contributed by atoms with Crippen molar-refractivity contribution in [2.75, 3.05) is 37.6 Å². The van der Waals surface area contributed by atoms with E-state index >= 15 is 0 Å². The lowest BCUT2D eigenvalue weighted by atomic mass is 10.0. The molecule has 0 spiro atoms. The van der Waals surface area contributed by atoms with Gasteiger partial charge in [0.25, 0.3) is 0 Å². The van der Waals surface area contributed by atoms with Crippen LogP contribution in [0, 0.1) is 0 Å². The van der Waals surface area contributed by atoms with Crippen molar-refractivity contribution in [3.05, 3.63) is 46.2 Å². The van der Waals surface area contributed by atoms with Crippen molar-refractivity contribution in [2.45, 2.75) is 44.9 Å². The molecule has 0 amide bonds. The summed E-state index contributed by atoms with van der Waals surface area (Å²) in [5.41, 5.74) is 5.57. The van der Waals surface area contributed by atoms with Crippen LogP contribution in [0.1, 0.15) is 42.6 Å². The number of benzene rings is 1. The number of anilines is 1. The third kappa shape index (κ3) is 4.24. The number of hydrogen-bond donors (Lipinski definition) is 1. The Kier molecular flexibility index (Phi) is 5.81. The number of piperazine rings is 1. The van der Waals surface area contributed by atoms with E-state index in [1.54, 1.807) is 0 Å². The van der Waals surface area contributed by atoms with Crippen LogP contribution in [0.2, 0.25) is 5.02 Å². The number of hydrogen-bond acceptors (Lipinski definition) is 3. The van der Waals surface area contributed by atoms with Crippen molar-refractivity contribution in [3.63, 3.8) is 0 Å². The molecule has 1 aliphatic heterocycles. The molecule has 0 radical (unpaired) electrons. The van der Waals surface area contributed by atoms with Crippen molar-refractivity contribution in [3.8, 4) is 0 Å². The van der Waals surface area contributed by atoms with E-state index in [-0.39, 0.29) is 0 Å². The van der Waals surface area contributed by atoms with E-state index in [0.717, 1.165) is 37.6 Å². The van der Waals surface area contributed by atoms with E-state index in [1.807, 2.05) is 12.1 Å². The monoisotopic (exact) mass is 372 g/mol. The van der Waals surface area contributed by atoms with Gasteiger partial charge in [-0.25, -0.2) is 0 Å². The molecule has 1 aliphatic carbocycles. The Hall–Kier alpha value is -1.52. The van der Waals surface area contributed by atoms with E-state index in [9.17, 15) is 0 Å². The van der Waals surface area contributed by atoms with Gasteiger partial charge in [0, 0.05) is 42.6 Å². The second-order valence-electron chi connectivity index (χ2n) is 7.60. The summed E-state index contributed by atoms with van der Waals surface area (Å²) in [4.78, 5) is 5.06. The van der Waals surface area contributed by atoms with E-state index in [2.05, 4.69) is 32.1 Å². The summed E-state index contributed by atoms with van der Waals surface area (Å²) in [7, 11) is 0. The molecule has 0 bridgehead atoms. The van der Waals surface area contributed by atoms with Gasteiger partial charge >= 0.3 is 0 Å². The fourth-order valence-corrected chi connectivity index (χ4v) is 4.41. The van der Waals surface area contributed by atoms with Crippen LogP contribution < -0.4 is 4.90 Å². The van der Waals surface area contributed by atoms with Gasteiger partial charge < -0.3 is 4.90 Å². The normalized spacial score (nSPS) is 18.6. The molecular weight excluding hydrogens is 344 g/mol. The van der Waals surface area contributed by atoms with Gasteiger partial charge in [0.05, 0.1) is 5.69 Å². The fraction of sp³-hybridized carbons (Fsp3) is 0.571. The van der Waals surface area contributed by atoms with Crippen LogP contribution in [0.5, 0.6) is 0 Å². The molecule has 2 aliphatic rings. The molecule has 2 heterocycles. The Morgan fingerprint density at radius 3 is 2.54 bits per heavy atom. The molecule has 1 aromatic carbocycles. The summed E-state index contributed by atoms with van der Waals surface area (Å²) < 4.78 is 0. The minimum absolute atomic E-state index is 0.809. The third-order valence-corrected chi connectivity index (χ3v) is 6.10. The molecule has 4 nitrogen and oxygen atoms in total. The van der Waals surface area contributed by atoms with E-state index in [4.69, 9.17) is 11.6 Å². The largest absolute Gasteiger partial charge is 0.369 e. The van der Waals surface area contributed by atoms with Crippen molar-refractivity contribution in [2.24, 2.45) is 0 Å². The van der Waals surface area contributed by atoms with Gasteiger partial charge in [-0.2, -0.15) is 5.10 Å². The minimum atomic E-state index is 0.809. The number of aromatic amines is 1. The molecule has 2 aromatic rings. The maximum Gasteiger partial charge on any atom is 0.0656 e. The van der Waals surface area contributed by atoms with Gasteiger partial charge in [-0.1, -0.05) is 18.0 Å². The van der Waals surface area contributed by atoms with Crippen LogP contribution in [0.3, 0.4) is 0 Å². The highest BCUT2D eigenvalue weighted by Gasteiger charge is 2.18. The molecule has 1 fully saturated rings. The molecule has 4 rings (SSSR count). The Labute approximate surface area is 161 Å². The smallest absolute Gasteiger partial charge is 0.0656 e. The zero-order valence-electron chi connectivity index (χ0n) is 15.5. The van der Waals surface area contributed by atoms with Crippen LogP contribution in [-0.2, 0) is 19.3 Å². The van der Waals surface area contributed by atoms with E-state index in [0.29, 0.717) is 0 Å². The van der Waals surface area contributed by atoms with Crippen LogP contribution in [0.4, 0.5) is 5.69 Å². The molecule has 1 N–H and O–H groups in total. The number of rotatable bonds is 5. The molecule has 0 atom stereocenters. The fourth-order valence-electron chi connectivity index (χ4n) is 4.28. The Balaban J connectivity index is 1.23. The topological polar surface area (TPSA) is 35.2 Å². The average molecular weight is 373 g/mol. The maximum absolute atomic E-state index is 5.99. The Bertz CT molecular complexity index is 701. The van der Waals surface area contributed by atoms with Crippen molar-refractivity contribution < 1.29 is 0 Å². The first-order chi connectivity index (χ1) is 12.8. The lowest BCUT2D eigenvalue weighted by Crippen LogP contribution is -2.46. The zero-order valence-corrected chi connectivity index (χ0v) is 16.3. The summed E-state index contributed by atoms with van der Waals surface area (Å²) in [6, 6.07) is 8.22. The number of aryl methyl sites for hydroxylation is 2. The van der Waals surface area contributed by atoms with Gasteiger partial charge in [0.2, 0.25) is 0 Å². The number of halogens is 1. The van der Waals surface area contributed by atoms with Gasteiger partial charge in [-0.3, -0.25) is 10.00 Å². The SMILES string of the molecule is Clc1ccc(N2CCN(CCCc3[nH]nc4c3CCCCC4)CC2)cc1. The first-order valence-electron chi connectivity index (χ1n) is 10.1.